The Morgan fingerprint density at radius 3 is 2.38 bits per heavy atom. The number of carbonyl (C=O) groups excluding carboxylic acids is 3. The number of nitrogens with zero attached hydrogens (tertiary/aromatic N) is 3. The first-order chi connectivity index (χ1) is 14.8. The minimum absolute atomic E-state index is 0. The van der Waals surface area contributed by atoms with Gasteiger partial charge in [-0.25, -0.2) is 4.39 Å². The van der Waals surface area contributed by atoms with Crippen LogP contribution in [-0.2, 0) is 14.3 Å². The Hall–Kier alpha value is -1.79. The van der Waals surface area contributed by atoms with E-state index in [0.717, 1.165) is 18.9 Å². The Morgan fingerprint density at radius 2 is 1.81 bits per heavy atom. The number of aromatic carboxylic acids is 1. The van der Waals surface area contributed by atoms with E-state index < -0.39 is 28.7 Å². The number of carbonyl (C=O) groups is 3. The van der Waals surface area contributed by atoms with Gasteiger partial charge in [-0.05, 0) is 25.0 Å². The summed E-state index contributed by atoms with van der Waals surface area (Å²) in [4.78, 5) is 50.6. The fraction of sp³-hybridized carbons (Fsp3) is 0.429. The number of piperazine rings is 1. The fourth-order valence-corrected chi connectivity index (χ4v) is 3.91. The van der Waals surface area contributed by atoms with Gasteiger partial charge in [-0.1, -0.05) is 0 Å². The summed E-state index contributed by atoms with van der Waals surface area (Å²) in [7, 11) is 1.22. The van der Waals surface area contributed by atoms with Gasteiger partial charge in [-0.2, -0.15) is 0 Å². The topological polar surface area (TPSA) is 112 Å². The van der Waals surface area contributed by atoms with E-state index in [-0.39, 0.29) is 80.8 Å². The molecule has 11 heteroatoms. The van der Waals surface area contributed by atoms with Crippen LogP contribution in [0.15, 0.2) is 23.1 Å². The largest absolute Gasteiger partial charge is 1.00 e. The summed E-state index contributed by atoms with van der Waals surface area (Å²) in [6.45, 7) is 1.32. The van der Waals surface area contributed by atoms with E-state index in [9.17, 15) is 28.7 Å². The molecule has 0 radical (unpaired) electrons. The number of anilines is 1. The average molecular weight is 470 g/mol. The van der Waals surface area contributed by atoms with E-state index in [2.05, 4.69) is 4.74 Å². The standard InChI is InChI=1S/C21H22FN3O6.K/c1-31-19(27)10-18(26)24-6-4-23(5-7-24)17-9-16-13(8-15(17)22)20(28)14(21(29)30)11-25(16)12-2-3-12;/h8-9,11-12H,2-7,10H2,1H3,(H,29,30);/q;+1/p-1. The zero-order valence-corrected chi connectivity index (χ0v) is 21.1. The molecule has 1 aliphatic heterocycles. The summed E-state index contributed by atoms with van der Waals surface area (Å²) >= 11 is 0. The Balaban J connectivity index is 0.00000289. The van der Waals surface area contributed by atoms with Crippen molar-refractivity contribution in [3.05, 3.63) is 39.9 Å². The van der Waals surface area contributed by atoms with Gasteiger partial charge in [0, 0.05) is 43.8 Å². The maximum absolute atomic E-state index is 14.9. The van der Waals surface area contributed by atoms with Gasteiger partial charge in [0.25, 0.3) is 0 Å². The molecule has 2 aromatic rings. The second-order valence-corrected chi connectivity index (χ2v) is 7.74. The van der Waals surface area contributed by atoms with Crippen LogP contribution in [0.3, 0.4) is 0 Å². The maximum Gasteiger partial charge on any atom is 1.00 e. The summed E-state index contributed by atoms with van der Waals surface area (Å²) in [5.74, 6) is -3.18. The number of fused-ring (bicyclic) bond motifs is 1. The number of ether oxygens (including phenoxy) is 1. The number of amides is 1. The molecule has 1 aromatic carbocycles. The number of carboxylic acid groups (broad SMARTS) is 1. The zero-order chi connectivity index (χ0) is 22.3. The molecule has 1 aliphatic carbocycles. The molecule has 4 rings (SSSR count). The first-order valence-corrected chi connectivity index (χ1v) is 9.99. The molecule has 32 heavy (non-hydrogen) atoms. The first kappa shape index (κ1) is 24.8. The SMILES string of the molecule is COC(=O)CC(=O)N1CCN(c2cc3c(cc2F)c(=O)c(C(=O)[O-])cn3C2CC2)CC1.[K+]. The van der Waals surface area contributed by atoms with E-state index >= 15 is 0 Å². The minimum atomic E-state index is -1.58. The van der Waals surface area contributed by atoms with Gasteiger partial charge in [0.2, 0.25) is 5.91 Å². The number of esters is 1. The van der Waals surface area contributed by atoms with Crippen molar-refractivity contribution in [2.45, 2.75) is 25.3 Å². The maximum atomic E-state index is 14.9. The van der Waals surface area contributed by atoms with Gasteiger partial charge in [0.1, 0.15) is 12.2 Å². The van der Waals surface area contributed by atoms with Gasteiger partial charge >= 0.3 is 57.4 Å². The first-order valence-electron chi connectivity index (χ1n) is 9.99. The molecule has 1 amide bonds. The molecule has 0 atom stereocenters. The monoisotopic (exact) mass is 469 g/mol. The van der Waals surface area contributed by atoms with Crippen LogP contribution in [0.4, 0.5) is 10.1 Å². The van der Waals surface area contributed by atoms with E-state index in [1.54, 1.807) is 15.5 Å². The molecule has 0 bridgehead atoms. The van der Waals surface area contributed by atoms with E-state index in [1.165, 1.54) is 18.2 Å². The third-order valence-corrected chi connectivity index (χ3v) is 5.76. The summed E-state index contributed by atoms with van der Waals surface area (Å²) < 4.78 is 21.2. The number of hydrogen-bond acceptors (Lipinski definition) is 7. The van der Waals surface area contributed by atoms with Crippen molar-refractivity contribution in [1.82, 2.24) is 9.47 Å². The smallest absolute Gasteiger partial charge is 0.545 e. The third-order valence-electron chi connectivity index (χ3n) is 5.76. The minimum Gasteiger partial charge on any atom is -0.545 e. The molecule has 1 saturated heterocycles. The normalized spacial score (nSPS) is 15.9. The molecule has 2 fully saturated rings. The van der Waals surface area contributed by atoms with Crippen LogP contribution in [0.1, 0.15) is 35.7 Å². The molecular formula is C21H21FKN3O6. The number of rotatable bonds is 5. The predicted molar refractivity (Wildman–Crippen MR) is 106 cm³/mol. The molecule has 0 unspecified atom stereocenters. The van der Waals surface area contributed by atoms with Gasteiger partial charge in [-0.15, -0.1) is 0 Å². The van der Waals surface area contributed by atoms with Crippen LogP contribution >= 0.6 is 0 Å². The molecule has 1 saturated carbocycles. The van der Waals surface area contributed by atoms with Gasteiger partial charge < -0.3 is 29.0 Å². The number of aromatic nitrogens is 1. The Morgan fingerprint density at radius 1 is 1.16 bits per heavy atom. The van der Waals surface area contributed by atoms with Crippen molar-refractivity contribution in [3.63, 3.8) is 0 Å². The molecule has 1 aromatic heterocycles. The Bertz CT molecular complexity index is 1140. The number of methoxy groups -OCH3 is 1. The number of carboxylic acids is 1. The van der Waals surface area contributed by atoms with Crippen LogP contribution in [0.5, 0.6) is 0 Å². The van der Waals surface area contributed by atoms with Gasteiger partial charge in [0.05, 0.1) is 29.8 Å². The molecule has 0 spiro atoms. The van der Waals surface area contributed by atoms with Crippen molar-refractivity contribution in [3.8, 4) is 0 Å². The quantitative estimate of drug-likeness (QED) is 0.262. The predicted octanol–water partition coefficient (Wildman–Crippen LogP) is -2.95. The van der Waals surface area contributed by atoms with Crippen molar-refractivity contribution in [1.29, 1.82) is 0 Å². The molecule has 2 aliphatic rings. The van der Waals surface area contributed by atoms with Crippen molar-refractivity contribution in [2.75, 3.05) is 38.2 Å². The molecule has 2 heterocycles. The van der Waals surface area contributed by atoms with Gasteiger partial charge in [0.15, 0.2) is 5.43 Å². The van der Waals surface area contributed by atoms with Crippen molar-refractivity contribution in [2.24, 2.45) is 0 Å². The second kappa shape index (κ2) is 10.00. The molecule has 0 N–H and O–H groups in total. The molecule has 9 nitrogen and oxygen atoms in total. The number of pyridine rings is 1. The second-order valence-electron chi connectivity index (χ2n) is 7.74. The summed E-state index contributed by atoms with van der Waals surface area (Å²) in [6.07, 6.45) is 2.63. The Labute approximate surface area is 225 Å². The summed E-state index contributed by atoms with van der Waals surface area (Å²) in [6, 6.07) is 2.70. The number of halogens is 1. The van der Waals surface area contributed by atoms with Crippen LogP contribution in [0.25, 0.3) is 10.9 Å². The van der Waals surface area contributed by atoms with Crippen LogP contribution < -0.4 is 66.8 Å². The Kier molecular flexibility index (Phi) is 7.76. The van der Waals surface area contributed by atoms with E-state index in [1.807, 2.05) is 0 Å². The molecule has 164 valence electrons. The third kappa shape index (κ3) is 4.91. The van der Waals surface area contributed by atoms with Gasteiger partial charge in [-0.3, -0.25) is 14.4 Å². The van der Waals surface area contributed by atoms with Crippen LogP contribution in [0.2, 0.25) is 0 Å². The average Bonchev–Trinajstić information content (AvgIpc) is 3.59. The fourth-order valence-electron chi connectivity index (χ4n) is 3.91. The number of hydrogen-bond donors (Lipinski definition) is 0. The van der Waals surface area contributed by atoms with Crippen molar-refractivity contribution < 1.29 is 80.0 Å². The summed E-state index contributed by atoms with van der Waals surface area (Å²) in [5, 5.41) is 11.3. The van der Waals surface area contributed by atoms with Crippen LogP contribution in [-0.4, -0.2) is 60.6 Å². The number of benzene rings is 1. The van der Waals surface area contributed by atoms with Crippen molar-refractivity contribution >= 4 is 34.4 Å². The molecular weight excluding hydrogens is 448 g/mol. The summed E-state index contributed by atoms with van der Waals surface area (Å²) in [5.41, 5.74) is -0.500. The van der Waals surface area contributed by atoms with E-state index in [4.69, 9.17) is 0 Å². The van der Waals surface area contributed by atoms with E-state index in [0.29, 0.717) is 31.7 Å². The van der Waals surface area contributed by atoms with Crippen LogP contribution in [0, 0.1) is 5.82 Å². The zero-order valence-electron chi connectivity index (χ0n) is 17.9.